The molecule has 0 aliphatic rings. The Hall–Kier alpha value is 1.23. The summed E-state index contributed by atoms with van der Waals surface area (Å²) in [7, 11) is 0. The quantitative estimate of drug-likeness (QED) is 0.459. The lowest BCUT2D eigenvalue weighted by Gasteiger charge is -1.97. The molecule has 0 spiro atoms. The highest BCUT2D eigenvalue weighted by atomic mass is 127. The minimum absolute atomic E-state index is 0.519. The van der Waals surface area contributed by atoms with Crippen LogP contribution in [0.4, 0.5) is 0 Å². The van der Waals surface area contributed by atoms with Crippen molar-refractivity contribution in [2.75, 3.05) is 10.2 Å². The first-order chi connectivity index (χ1) is 3.56. The van der Waals surface area contributed by atoms with Crippen LogP contribution in [-0.2, 0) is 4.57 Å². The molecule has 0 aromatic rings. The molecular weight excluding hydrogens is 262 g/mol. The van der Waals surface area contributed by atoms with Gasteiger partial charge in [0.1, 0.15) is 0 Å². The predicted molar refractivity (Wildman–Crippen MR) is 43.4 cm³/mol. The third-order valence-electron chi connectivity index (χ3n) is 0.337. The van der Waals surface area contributed by atoms with Crippen molar-refractivity contribution in [2.24, 2.45) is 0 Å². The standard InChI is InChI=1S/C2H6IO3PS/c3-1-2-8-7(4,5)6/h1-2H2,(H2,4,5,6). The second kappa shape index (κ2) is 4.11. The smallest absolute Gasteiger partial charge is 0.317 e. The second-order valence-corrected chi connectivity index (χ2v) is 5.94. The van der Waals surface area contributed by atoms with Gasteiger partial charge in [-0.05, 0) is 11.4 Å². The highest BCUT2D eigenvalue weighted by molar-refractivity contribution is 14.1. The third kappa shape index (κ3) is 7.23. The summed E-state index contributed by atoms with van der Waals surface area (Å²) in [6.45, 7) is -3.77. The molecule has 0 aromatic carbocycles. The van der Waals surface area contributed by atoms with Crippen molar-refractivity contribution in [3.8, 4) is 0 Å². The number of halogens is 1. The van der Waals surface area contributed by atoms with Crippen molar-refractivity contribution in [3.05, 3.63) is 0 Å². The normalized spacial score (nSPS) is 11.9. The van der Waals surface area contributed by atoms with Gasteiger partial charge >= 0.3 is 6.80 Å². The van der Waals surface area contributed by atoms with E-state index in [1.807, 2.05) is 0 Å². The van der Waals surface area contributed by atoms with Crippen LogP contribution in [0.25, 0.3) is 0 Å². The molecule has 0 aliphatic heterocycles. The Morgan fingerprint density at radius 3 is 2.25 bits per heavy atom. The minimum Gasteiger partial charge on any atom is -0.317 e. The monoisotopic (exact) mass is 268 g/mol. The number of hydrogen-bond donors (Lipinski definition) is 2. The lowest BCUT2D eigenvalue weighted by Crippen LogP contribution is -1.77. The largest absolute Gasteiger partial charge is 0.384 e. The zero-order chi connectivity index (χ0) is 6.62. The van der Waals surface area contributed by atoms with Gasteiger partial charge in [-0.15, -0.1) is 0 Å². The molecule has 2 N–H and O–H groups in total. The Kier molecular flexibility index (Phi) is 4.74. The van der Waals surface area contributed by atoms with E-state index < -0.39 is 6.80 Å². The van der Waals surface area contributed by atoms with Gasteiger partial charge < -0.3 is 9.79 Å². The Labute approximate surface area is 65.3 Å². The van der Waals surface area contributed by atoms with Gasteiger partial charge in [0.05, 0.1) is 0 Å². The van der Waals surface area contributed by atoms with Gasteiger partial charge in [-0.25, -0.2) is 4.57 Å². The van der Waals surface area contributed by atoms with Crippen molar-refractivity contribution >= 4 is 40.8 Å². The van der Waals surface area contributed by atoms with E-state index in [1.165, 1.54) is 0 Å². The molecule has 6 heteroatoms. The van der Waals surface area contributed by atoms with Crippen LogP contribution in [-0.4, -0.2) is 20.0 Å². The van der Waals surface area contributed by atoms with E-state index in [2.05, 4.69) is 22.6 Å². The number of hydrogen-bond acceptors (Lipinski definition) is 2. The van der Waals surface area contributed by atoms with Crippen molar-refractivity contribution in [2.45, 2.75) is 0 Å². The van der Waals surface area contributed by atoms with E-state index in [-0.39, 0.29) is 0 Å². The number of alkyl halides is 1. The summed E-state index contributed by atoms with van der Waals surface area (Å²) in [5, 5.41) is 0. The average molecular weight is 268 g/mol. The van der Waals surface area contributed by atoms with Crippen LogP contribution in [0.1, 0.15) is 0 Å². The van der Waals surface area contributed by atoms with Gasteiger partial charge in [-0.3, -0.25) is 0 Å². The maximum atomic E-state index is 10.0. The molecule has 0 atom stereocenters. The highest BCUT2D eigenvalue weighted by Crippen LogP contribution is 2.49. The van der Waals surface area contributed by atoms with E-state index in [9.17, 15) is 4.57 Å². The first-order valence-corrected chi connectivity index (χ1v) is 6.55. The van der Waals surface area contributed by atoms with Gasteiger partial charge in [0, 0.05) is 10.2 Å². The third-order valence-corrected chi connectivity index (χ3v) is 3.89. The molecule has 0 fully saturated rings. The lowest BCUT2D eigenvalue weighted by atomic mass is 11.0. The lowest BCUT2D eigenvalue weighted by molar-refractivity contribution is 0.397. The Bertz CT molecular complexity index is 101. The van der Waals surface area contributed by atoms with Crippen LogP contribution in [0.2, 0.25) is 0 Å². The molecule has 0 radical (unpaired) electrons. The Morgan fingerprint density at radius 1 is 1.62 bits per heavy atom. The summed E-state index contributed by atoms with van der Waals surface area (Å²) in [4.78, 5) is 16.4. The average Bonchev–Trinajstić information content (AvgIpc) is 1.59. The van der Waals surface area contributed by atoms with Crippen LogP contribution in [0, 0.1) is 0 Å². The molecule has 8 heavy (non-hydrogen) atoms. The highest BCUT2D eigenvalue weighted by Gasteiger charge is 2.11. The minimum atomic E-state index is -3.77. The molecule has 0 bridgehead atoms. The summed E-state index contributed by atoms with van der Waals surface area (Å²) in [6.07, 6.45) is 0. The molecule has 0 saturated heterocycles. The molecule has 0 aliphatic carbocycles. The van der Waals surface area contributed by atoms with Crippen molar-refractivity contribution in [1.82, 2.24) is 0 Å². The maximum Gasteiger partial charge on any atom is 0.384 e. The van der Waals surface area contributed by atoms with E-state index in [0.717, 1.165) is 4.43 Å². The summed E-state index contributed by atoms with van der Waals surface area (Å²) in [6, 6.07) is 0. The predicted octanol–water partition coefficient (Wildman–Crippen LogP) is 1.25. The Balaban J connectivity index is 3.26. The first-order valence-electron chi connectivity index (χ1n) is 1.82. The fourth-order valence-electron chi connectivity index (χ4n) is 0.153. The summed E-state index contributed by atoms with van der Waals surface area (Å²) < 4.78 is 10.8. The maximum absolute atomic E-state index is 10.0. The van der Waals surface area contributed by atoms with Crippen LogP contribution >= 0.6 is 40.8 Å². The van der Waals surface area contributed by atoms with Crippen molar-refractivity contribution in [3.63, 3.8) is 0 Å². The fraction of sp³-hybridized carbons (Fsp3) is 1.00. The molecule has 0 amide bonds. The van der Waals surface area contributed by atoms with Gasteiger partial charge in [-0.2, -0.15) is 0 Å². The van der Waals surface area contributed by atoms with Crippen LogP contribution in [0.5, 0.6) is 0 Å². The van der Waals surface area contributed by atoms with Crippen molar-refractivity contribution in [1.29, 1.82) is 0 Å². The summed E-state index contributed by atoms with van der Waals surface area (Å²) >= 11 is 2.76. The summed E-state index contributed by atoms with van der Waals surface area (Å²) in [5.74, 6) is 0.519. The Morgan fingerprint density at radius 2 is 2.12 bits per heavy atom. The molecule has 0 unspecified atom stereocenters. The van der Waals surface area contributed by atoms with E-state index in [1.54, 1.807) is 0 Å². The van der Waals surface area contributed by atoms with Gasteiger partial charge in [0.15, 0.2) is 0 Å². The molecule has 0 heterocycles. The first kappa shape index (κ1) is 9.23. The fourth-order valence-corrected chi connectivity index (χ4v) is 3.15. The van der Waals surface area contributed by atoms with Gasteiger partial charge in [0.25, 0.3) is 0 Å². The van der Waals surface area contributed by atoms with Crippen LogP contribution in [0.15, 0.2) is 0 Å². The van der Waals surface area contributed by atoms with Crippen molar-refractivity contribution < 1.29 is 14.4 Å². The van der Waals surface area contributed by atoms with Gasteiger partial charge in [0.2, 0.25) is 0 Å². The van der Waals surface area contributed by atoms with Crippen LogP contribution in [0.3, 0.4) is 0 Å². The molecule has 3 nitrogen and oxygen atoms in total. The molecule has 0 rings (SSSR count). The number of rotatable bonds is 3. The second-order valence-electron chi connectivity index (χ2n) is 1.01. The molecular formula is C2H6IO3PS. The molecule has 0 aromatic heterocycles. The SMILES string of the molecule is O=P(O)(O)SCCI. The van der Waals surface area contributed by atoms with E-state index in [0.29, 0.717) is 17.1 Å². The zero-order valence-electron chi connectivity index (χ0n) is 3.95. The van der Waals surface area contributed by atoms with E-state index in [4.69, 9.17) is 9.79 Å². The van der Waals surface area contributed by atoms with Crippen LogP contribution < -0.4 is 0 Å². The zero-order valence-corrected chi connectivity index (χ0v) is 7.82. The van der Waals surface area contributed by atoms with E-state index >= 15 is 0 Å². The molecule has 50 valence electrons. The summed E-state index contributed by atoms with van der Waals surface area (Å²) in [5.41, 5.74) is 0. The topological polar surface area (TPSA) is 57.5 Å². The molecule has 0 saturated carbocycles. The van der Waals surface area contributed by atoms with Gasteiger partial charge in [-0.1, -0.05) is 22.6 Å².